The zero-order valence-electron chi connectivity index (χ0n) is 39.0. The first-order chi connectivity index (χ1) is 34.1. The number of hydrogen-bond donors (Lipinski definition) is 5. The summed E-state index contributed by atoms with van der Waals surface area (Å²) in [6, 6.07) is 40.3. The number of amides is 4. The van der Waals surface area contributed by atoms with Crippen LogP contribution in [0.5, 0.6) is 0 Å². The van der Waals surface area contributed by atoms with Crippen LogP contribution < -0.4 is 20.1 Å². The summed E-state index contributed by atoms with van der Waals surface area (Å²) in [6.45, 7) is 4.27. The van der Waals surface area contributed by atoms with Crippen molar-refractivity contribution in [2.75, 3.05) is 23.7 Å². The molecule has 2 aliphatic rings. The van der Waals surface area contributed by atoms with Crippen LogP contribution in [0.2, 0.25) is 0 Å². The van der Waals surface area contributed by atoms with Crippen molar-refractivity contribution in [3.8, 4) is 11.3 Å². The highest BCUT2D eigenvalue weighted by atomic mass is 32.2. The number of fused-ring (bicyclic) bond motifs is 1. The van der Waals surface area contributed by atoms with E-state index < -0.39 is 56.0 Å². The van der Waals surface area contributed by atoms with Gasteiger partial charge < -0.3 is 25.4 Å². The number of rotatable bonds is 15. The number of nitrogens with one attached hydrogen (secondary N) is 5. The van der Waals surface area contributed by atoms with E-state index in [9.17, 15) is 36.0 Å². The second-order valence-electron chi connectivity index (χ2n) is 18.0. The van der Waals surface area contributed by atoms with Gasteiger partial charge in [-0.1, -0.05) is 108 Å². The Morgan fingerprint density at radius 1 is 0.535 bits per heavy atom. The third kappa shape index (κ3) is 10.8. The molecule has 0 unspecified atom stereocenters. The lowest BCUT2D eigenvalue weighted by Crippen LogP contribution is -2.48. The minimum atomic E-state index is -4.11. The minimum Gasteiger partial charge on any atom is -0.355 e. The topological polar surface area (TPSA) is 207 Å². The van der Waals surface area contributed by atoms with Crippen molar-refractivity contribution in [3.05, 3.63) is 180 Å². The van der Waals surface area contributed by atoms with Crippen molar-refractivity contribution in [2.45, 2.75) is 73.5 Å². The molecule has 0 aliphatic carbocycles. The predicted octanol–water partition coefficient (Wildman–Crippen LogP) is 7.75. The molecule has 1 aromatic heterocycles. The van der Waals surface area contributed by atoms with Crippen LogP contribution in [0.15, 0.2) is 168 Å². The molecule has 0 saturated carbocycles. The molecular formula is C54H53N7O8S2. The van der Waals surface area contributed by atoms with Gasteiger partial charge in [0.15, 0.2) is 0 Å². The first-order valence-electron chi connectivity index (χ1n) is 23.4. The maximum atomic E-state index is 14.3. The van der Waals surface area contributed by atoms with E-state index in [1.54, 1.807) is 103 Å². The number of hydrogen-bond acceptors (Lipinski definition) is 8. The van der Waals surface area contributed by atoms with Crippen LogP contribution in [0.1, 0.15) is 60.0 Å². The molecule has 0 bridgehead atoms. The van der Waals surface area contributed by atoms with E-state index in [1.165, 1.54) is 34.1 Å². The smallest absolute Gasteiger partial charge is 0.247 e. The Bertz CT molecular complexity index is 3320. The van der Waals surface area contributed by atoms with E-state index in [2.05, 4.69) is 25.1 Å². The second-order valence-corrected chi connectivity index (χ2v) is 21.4. The van der Waals surface area contributed by atoms with E-state index >= 15 is 0 Å². The fraction of sp³-hybridized carbons (Fsp3) is 0.222. The van der Waals surface area contributed by atoms with E-state index in [1.807, 2.05) is 44.2 Å². The second kappa shape index (κ2) is 20.5. The quantitative estimate of drug-likeness (QED) is 0.0685. The van der Waals surface area contributed by atoms with Gasteiger partial charge in [-0.05, 0) is 117 Å². The molecule has 5 N–H and O–H groups in total. The van der Waals surface area contributed by atoms with Crippen molar-refractivity contribution >= 4 is 66.0 Å². The summed E-state index contributed by atoms with van der Waals surface area (Å²) in [5.74, 6) is -1.82. The largest absolute Gasteiger partial charge is 0.355 e. The van der Waals surface area contributed by atoms with Crippen molar-refractivity contribution in [1.82, 2.24) is 24.2 Å². The Kier molecular flexibility index (Phi) is 14.0. The van der Waals surface area contributed by atoms with Crippen molar-refractivity contribution in [1.29, 1.82) is 0 Å². The number of carbonyl (C=O) groups is 4. The van der Waals surface area contributed by atoms with Gasteiger partial charge in [-0.3, -0.25) is 19.2 Å². The fourth-order valence-electron chi connectivity index (χ4n) is 9.18. The number of aromatic amines is 1. The summed E-state index contributed by atoms with van der Waals surface area (Å²) in [5, 5.41) is 6.74. The summed E-state index contributed by atoms with van der Waals surface area (Å²) in [4.78, 5) is 62.6. The number of anilines is 2. The molecule has 4 amide bonds. The van der Waals surface area contributed by atoms with Crippen LogP contribution in [-0.2, 0) is 39.2 Å². The lowest BCUT2D eigenvalue weighted by molar-refractivity contribution is -0.138. The highest BCUT2D eigenvalue weighted by Gasteiger charge is 2.41. The Morgan fingerprint density at radius 2 is 0.972 bits per heavy atom. The molecule has 2 saturated heterocycles. The predicted molar refractivity (Wildman–Crippen MR) is 272 cm³/mol. The van der Waals surface area contributed by atoms with Gasteiger partial charge >= 0.3 is 0 Å². The lowest BCUT2D eigenvalue weighted by atomic mass is 10.1. The Balaban J connectivity index is 0.850. The molecule has 6 aromatic carbocycles. The van der Waals surface area contributed by atoms with Crippen molar-refractivity contribution < 1.29 is 36.0 Å². The number of H-pyrrole nitrogens is 1. The molecule has 71 heavy (non-hydrogen) atoms. The molecule has 17 heteroatoms. The maximum absolute atomic E-state index is 14.3. The van der Waals surface area contributed by atoms with Crippen molar-refractivity contribution in [2.24, 2.45) is 0 Å². The molecule has 7 aromatic rings. The minimum absolute atomic E-state index is 0.0275. The Labute approximate surface area is 412 Å². The van der Waals surface area contributed by atoms with Crippen LogP contribution in [0.4, 0.5) is 11.4 Å². The molecule has 9 rings (SSSR count). The Hall–Kier alpha value is -7.44. The summed E-state index contributed by atoms with van der Waals surface area (Å²) < 4.78 is 59.4. The van der Waals surface area contributed by atoms with Gasteiger partial charge in [-0.15, -0.1) is 0 Å². The van der Waals surface area contributed by atoms with Gasteiger partial charge in [0.05, 0.1) is 9.79 Å². The molecule has 3 heterocycles. The van der Waals surface area contributed by atoms with Crippen LogP contribution in [0, 0.1) is 13.8 Å². The van der Waals surface area contributed by atoms with Crippen LogP contribution >= 0.6 is 0 Å². The van der Waals surface area contributed by atoms with Crippen LogP contribution in [0.25, 0.3) is 22.2 Å². The zero-order valence-corrected chi connectivity index (χ0v) is 40.7. The van der Waals surface area contributed by atoms with Gasteiger partial charge in [-0.2, -0.15) is 9.44 Å². The highest BCUT2D eigenvalue weighted by Crippen LogP contribution is 2.31. The van der Waals surface area contributed by atoms with Gasteiger partial charge in [0.25, 0.3) is 0 Å². The van der Waals surface area contributed by atoms with E-state index in [0.717, 1.165) is 33.3 Å². The van der Waals surface area contributed by atoms with E-state index in [4.69, 9.17) is 0 Å². The molecular weight excluding hydrogens is 939 g/mol. The lowest BCUT2D eigenvalue weighted by Gasteiger charge is -2.29. The van der Waals surface area contributed by atoms with Gasteiger partial charge in [0.1, 0.15) is 24.2 Å². The third-order valence-electron chi connectivity index (χ3n) is 13.0. The number of likely N-dealkylation sites (tertiary alicyclic amines) is 2. The standard InChI is InChI=1S/C54H53N7O8S2/c1-35-17-26-43(27-18-35)70(66,67)58-49(38-11-5-3-6-12-38)53(64)60-31-9-15-47(60)51(62)55-41-23-21-37(22-24-41)46-34-40-33-42(25-30-45(40)57-46)56-52(63)48-16-10-32-61(48)54(65)50(39-13-7-4-8-14-39)59-71(68,69)44-28-19-36(2)20-29-44/h3-8,11-14,17-30,33-34,47-50,57-59H,9-10,15-16,31-32H2,1-2H3,(H,55,62)(H,56,63)/t47-,48-,49+,50+/m0/s1. The normalized spacial score (nSPS) is 16.9. The SMILES string of the molecule is Cc1ccc(S(=O)(=O)N[C@@H](C(=O)N2CCC[C@H]2C(=O)Nc2ccc(-c3cc4cc(NC(=O)[C@@H]5CCCN5C(=O)[C@H](NS(=O)(=O)c5ccc(C)cc5)c5ccccc5)ccc4[nH]3)cc2)c2ccccc2)cc1. The number of nitrogens with zero attached hydrogens (tertiary/aromatic N) is 2. The molecule has 4 atom stereocenters. The summed E-state index contributed by atoms with van der Waals surface area (Å²) in [7, 11) is -8.21. The van der Waals surface area contributed by atoms with Crippen LogP contribution in [0.3, 0.4) is 0 Å². The zero-order chi connectivity index (χ0) is 49.9. The van der Waals surface area contributed by atoms with Crippen LogP contribution in [-0.4, -0.2) is 80.4 Å². The van der Waals surface area contributed by atoms with Gasteiger partial charge in [0.2, 0.25) is 43.7 Å². The number of aromatic nitrogens is 1. The number of aryl methyl sites for hydroxylation is 2. The third-order valence-corrected chi connectivity index (χ3v) is 15.9. The molecule has 15 nitrogen and oxygen atoms in total. The molecule has 364 valence electrons. The first kappa shape index (κ1) is 48.6. The number of carbonyl (C=O) groups excluding carboxylic acids is 4. The first-order valence-corrected chi connectivity index (χ1v) is 26.3. The summed E-state index contributed by atoms with van der Waals surface area (Å²) in [5.41, 5.74) is 6.12. The van der Waals surface area contributed by atoms with E-state index in [-0.39, 0.29) is 34.7 Å². The summed E-state index contributed by atoms with van der Waals surface area (Å²) >= 11 is 0. The van der Waals surface area contributed by atoms with Crippen molar-refractivity contribution in [3.63, 3.8) is 0 Å². The average Bonchev–Trinajstić information content (AvgIpc) is 4.17. The average molecular weight is 992 g/mol. The van der Waals surface area contributed by atoms with Gasteiger partial charge in [-0.25, -0.2) is 16.8 Å². The molecule has 2 fully saturated rings. The Morgan fingerprint density at radius 3 is 1.44 bits per heavy atom. The monoisotopic (exact) mass is 991 g/mol. The molecule has 0 spiro atoms. The maximum Gasteiger partial charge on any atom is 0.247 e. The van der Waals surface area contributed by atoms with Gasteiger partial charge in [0, 0.05) is 41.1 Å². The highest BCUT2D eigenvalue weighted by molar-refractivity contribution is 7.89. The number of benzene rings is 6. The van der Waals surface area contributed by atoms with E-state index in [0.29, 0.717) is 48.2 Å². The fourth-order valence-corrected chi connectivity index (χ4v) is 11.5. The molecule has 0 radical (unpaired) electrons. The number of sulfonamides is 2. The molecule has 2 aliphatic heterocycles. The summed E-state index contributed by atoms with van der Waals surface area (Å²) in [6.07, 6.45) is 1.94.